The Morgan fingerprint density at radius 1 is 1.53 bits per heavy atom. The summed E-state index contributed by atoms with van der Waals surface area (Å²) in [5.41, 5.74) is -1.42. The maximum absolute atomic E-state index is 13.5. The summed E-state index contributed by atoms with van der Waals surface area (Å²) in [6.45, 7) is 2.48. The minimum Gasteiger partial charge on any atom is -0.389 e. The van der Waals surface area contributed by atoms with Gasteiger partial charge in [-0.25, -0.2) is 9.18 Å². The first-order chi connectivity index (χ1) is 8.79. The molecule has 19 heavy (non-hydrogen) atoms. The molecular formula is C11H9ClFNO5. The molecule has 0 fully saturated rings. The first-order valence-electron chi connectivity index (χ1n) is 5.17. The van der Waals surface area contributed by atoms with Gasteiger partial charge in [-0.2, -0.15) is 0 Å². The molecule has 0 aliphatic rings. The van der Waals surface area contributed by atoms with Crippen molar-refractivity contribution in [3.63, 3.8) is 0 Å². The molecular weight excluding hydrogens is 281 g/mol. The first-order valence-corrected chi connectivity index (χ1v) is 5.55. The van der Waals surface area contributed by atoms with Crippen molar-refractivity contribution in [2.24, 2.45) is 0 Å². The Kier molecular flexibility index (Phi) is 4.55. The molecule has 0 saturated heterocycles. The number of benzene rings is 1. The smallest absolute Gasteiger partial charge is 0.352 e. The van der Waals surface area contributed by atoms with Gasteiger partial charge in [0.25, 0.3) is 5.69 Å². The van der Waals surface area contributed by atoms with Crippen molar-refractivity contribution in [3.8, 4) is 0 Å². The van der Waals surface area contributed by atoms with E-state index in [1.807, 2.05) is 0 Å². The van der Waals surface area contributed by atoms with E-state index in [1.54, 1.807) is 0 Å². The van der Waals surface area contributed by atoms with Gasteiger partial charge in [0.1, 0.15) is 11.4 Å². The number of rotatable bonds is 3. The molecule has 0 aliphatic carbocycles. The van der Waals surface area contributed by atoms with Crippen LogP contribution >= 0.6 is 11.6 Å². The standard InChI is InChI=1S/C11H9ClFNO5/c1-3-6-9(12)8(13)4-7(10(6)14(17)18)11(16)19-5(2)15/h4H,3H2,1-2H3. The fraction of sp³-hybridized carbons (Fsp3) is 0.273. The molecule has 0 aromatic heterocycles. The highest BCUT2D eigenvalue weighted by Gasteiger charge is 2.30. The highest BCUT2D eigenvalue weighted by molar-refractivity contribution is 6.32. The minimum absolute atomic E-state index is 0.0489. The predicted molar refractivity (Wildman–Crippen MR) is 63.5 cm³/mol. The van der Waals surface area contributed by atoms with Gasteiger partial charge < -0.3 is 4.74 Å². The number of esters is 2. The van der Waals surface area contributed by atoms with Gasteiger partial charge in [-0.05, 0) is 12.5 Å². The highest BCUT2D eigenvalue weighted by atomic mass is 35.5. The maximum Gasteiger partial charge on any atom is 0.352 e. The Labute approximate surface area is 112 Å². The number of carbonyl (C=O) groups is 2. The van der Waals surface area contributed by atoms with Crippen LogP contribution in [-0.4, -0.2) is 16.9 Å². The van der Waals surface area contributed by atoms with E-state index in [4.69, 9.17) is 11.6 Å². The van der Waals surface area contributed by atoms with Crippen molar-refractivity contribution >= 4 is 29.2 Å². The van der Waals surface area contributed by atoms with Crippen molar-refractivity contribution in [2.45, 2.75) is 20.3 Å². The molecule has 0 radical (unpaired) electrons. The van der Waals surface area contributed by atoms with Crippen molar-refractivity contribution in [1.29, 1.82) is 0 Å². The Morgan fingerprint density at radius 2 is 2.11 bits per heavy atom. The third-order valence-corrected chi connectivity index (χ3v) is 2.69. The Hall–Kier alpha value is -2.02. The second kappa shape index (κ2) is 5.75. The number of hydrogen-bond donors (Lipinski definition) is 0. The molecule has 6 nitrogen and oxygen atoms in total. The second-order valence-electron chi connectivity index (χ2n) is 3.54. The van der Waals surface area contributed by atoms with Gasteiger partial charge in [0, 0.05) is 6.92 Å². The number of carbonyl (C=O) groups excluding carboxylic acids is 2. The molecule has 0 unspecified atom stereocenters. The second-order valence-corrected chi connectivity index (χ2v) is 3.92. The van der Waals surface area contributed by atoms with E-state index >= 15 is 0 Å². The van der Waals surface area contributed by atoms with Crippen LogP contribution in [0.1, 0.15) is 29.8 Å². The van der Waals surface area contributed by atoms with E-state index in [9.17, 15) is 24.1 Å². The normalized spacial score (nSPS) is 10.1. The lowest BCUT2D eigenvalue weighted by Crippen LogP contribution is -2.13. The topological polar surface area (TPSA) is 86.5 Å². The molecule has 8 heteroatoms. The van der Waals surface area contributed by atoms with Crippen LogP contribution in [0.2, 0.25) is 5.02 Å². The zero-order valence-electron chi connectivity index (χ0n) is 10.0. The van der Waals surface area contributed by atoms with Crippen LogP contribution in [0, 0.1) is 15.9 Å². The monoisotopic (exact) mass is 289 g/mol. The van der Waals surface area contributed by atoms with Gasteiger partial charge in [-0.15, -0.1) is 0 Å². The van der Waals surface area contributed by atoms with E-state index in [2.05, 4.69) is 4.74 Å². The quantitative estimate of drug-likeness (QED) is 0.369. The first kappa shape index (κ1) is 15.0. The summed E-state index contributed by atoms with van der Waals surface area (Å²) in [7, 11) is 0. The van der Waals surface area contributed by atoms with Crippen LogP contribution < -0.4 is 0 Å². The maximum atomic E-state index is 13.5. The molecule has 0 saturated carbocycles. The molecule has 0 atom stereocenters. The van der Waals surface area contributed by atoms with Gasteiger partial charge in [-0.3, -0.25) is 14.9 Å². The van der Waals surface area contributed by atoms with Crippen LogP contribution in [0.3, 0.4) is 0 Å². The molecule has 102 valence electrons. The molecule has 1 aromatic rings. The average molecular weight is 290 g/mol. The van der Waals surface area contributed by atoms with Gasteiger partial charge in [0.2, 0.25) is 0 Å². The Balaban J connectivity index is 3.54. The van der Waals surface area contributed by atoms with Gasteiger partial charge in [-0.1, -0.05) is 18.5 Å². The third kappa shape index (κ3) is 3.05. The zero-order valence-corrected chi connectivity index (χ0v) is 10.8. The number of hydrogen-bond acceptors (Lipinski definition) is 5. The number of nitro groups is 1. The summed E-state index contributed by atoms with van der Waals surface area (Å²) in [5.74, 6) is -3.23. The number of ether oxygens (including phenoxy) is 1. The van der Waals surface area contributed by atoms with Crippen LogP contribution in [-0.2, 0) is 16.0 Å². The Bertz CT molecular complexity index is 573. The molecule has 0 bridgehead atoms. The summed E-state index contributed by atoms with van der Waals surface area (Å²) in [6, 6.07) is 0.588. The lowest BCUT2D eigenvalue weighted by atomic mass is 10.0. The molecule has 0 heterocycles. The predicted octanol–water partition coefficient (Wildman–Crippen LogP) is 2.65. The van der Waals surface area contributed by atoms with E-state index in [-0.39, 0.29) is 12.0 Å². The summed E-state index contributed by atoms with van der Waals surface area (Å²) in [6.07, 6.45) is 0.0489. The zero-order chi connectivity index (χ0) is 14.7. The fourth-order valence-electron chi connectivity index (χ4n) is 1.54. The third-order valence-electron chi connectivity index (χ3n) is 2.28. The molecule has 1 rings (SSSR count). The molecule has 0 amide bonds. The minimum atomic E-state index is -1.29. The lowest BCUT2D eigenvalue weighted by Gasteiger charge is -2.08. The lowest BCUT2D eigenvalue weighted by molar-refractivity contribution is -0.385. The van der Waals surface area contributed by atoms with Crippen molar-refractivity contribution in [3.05, 3.63) is 38.1 Å². The Morgan fingerprint density at radius 3 is 2.53 bits per heavy atom. The molecule has 1 aromatic carbocycles. The number of nitrogens with zero attached hydrogens (tertiary/aromatic N) is 1. The van der Waals surface area contributed by atoms with Crippen molar-refractivity contribution in [2.75, 3.05) is 0 Å². The van der Waals surface area contributed by atoms with Crippen molar-refractivity contribution < 1.29 is 23.6 Å². The van der Waals surface area contributed by atoms with Crippen LogP contribution in [0.25, 0.3) is 0 Å². The van der Waals surface area contributed by atoms with Crippen LogP contribution in [0.15, 0.2) is 6.07 Å². The molecule has 0 N–H and O–H groups in total. The van der Waals surface area contributed by atoms with Gasteiger partial charge in [0.05, 0.1) is 15.5 Å². The summed E-state index contributed by atoms with van der Waals surface area (Å²) in [4.78, 5) is 32.4. The summed E-state index contributed by atoms with van der Waals surface area (Å²) < 4.78 is 17.8. The number of nitro benzene ring substituents is 1. The summed E-state index contributed by atoms with van der Waals surface area (Å²) in [5, 5.41) is 10.6. The number of halogens is 2. The molecule has 0 spiro atoms. The molecule has 0 aliphatic heterocycles. The van der Waals surface area contributed by atoms with Gasteiger partial charge >= 0.3 is 11.9 Å². The van der Waals surface area contributed by atoms with Crippen molar-refractivity contribution in [1.82, 2.24) is 0 Å². The average Bonchev–Trinajstić information content (AvgIpc) is 2.30. The van der Waals surface area contributed by atoms with E-state index in [0.717, 1.165) is 6.92 Å². The van der Waals surface area contributed by atoms with E-state index in [1.165, 1.54) is 6.92 Å². The largest absolute Gasteiger partial charge is 0.389 e. The summed E-state index contributed by atoms with van der Waals surface area (Å²) >= 11 is 5.63. The fourth-order valence-corrected chi connectivity index (χ4v) is 1.82. The van der Waals surface area contributed by atoms with Gasteiger partial charge in [0.15, 0.2) is 0 Å². The van der Waals surface area contributed by atoms with Crippen LogP contribution in [0.4, 0.5) is 10.1 Å². The van der Waals surface area contributed by atoms with Crippen LogP contribution in [0.5, 0.6) is 0 Å². The highest BCUT2D eigenvalue weighted by Crippen LogP contribution is 2.33. The van der Waals surface area contributed by atoms with E-state index < -0.39 is 39.0 Å². The van der Waals surface area contributed by atoms with E-state index in [0.29, 0.717) is 6.07 Å². The SMILES string of the molecule is CCc1c(Cl)c(F)cc(C(=O)OC(C)=O)c1[N+](=O)[O-].